The SMILES string of the molecule is CN(CC(N)C(=O)O)c1cccc(F)c1. The van der Waals surface area contributed by atoms with Gasteiger partial charge in [-0.2, -0.15) is 0 Å². The molecule has 82 valence electrons. The van der Waals surface area contributed by atoms with Crippen molar-refractivity contribution in [2.45, 2.75) is 6.04 Å². The van der Waals surface area contributed by atoms with Gasteiger partial charge in [-0.05, 0) is 18.2 Å². The number of benzene rings is 1. The summed E-state index contributed by atoms with van der Waals surface area (Å²) in [5, 5.41) is 8.61. The molecule has 3 N–H and O–H groups in total. The minimum atomic E-state index is -1.07. The van der Waals surface area contributed by atoms with E-state index in [1.165, 1.54) is 12.1 Å². The van der Waals surface area contributed by atoms with Gasteiger partial charge in [0.1, 0.15) is 11.9 Å². The number of likely N-dealkylation sites (N-methyl/N-ethyl adjacent to an activating group) is 1. The van der Waals surface area contributed by atoms with Crippen LogP contribution in [0.2, 0.25) is 0 Å². The summed E-state index contributed by atoms with van der Waals surface area (Å²) in [4.78, 5) is 12.1. The Morgan fingerprint density at radius 2 is 2.33 bits per heavy atom. The minimum absolute atomic E-state index is 0.138. The number of carboxylic acid groups (broad SMARTS) is 1. The molecule has 0 aliphatic rings. The van der Waals surface area contributed by atoms with Crippen LogP contribution in [0.3, 0.4) is 0 Å². The lowest BCUT2D eigenvalue weighted by Crippen LogP contribution is -2.41. The normalized spacial score (nSPS) is 12.2. The number of nitrogens with two attached hydrogens (primary N) is 1. The Morgan fingerprint density at radius 1 is 1.67 bits per heavy atom. The zero-order chi connectivity index (χ0) is 11.4. The van der Waals surface area contributed by atoms with Crippen LogP contribution in [0.5, 0.6) is 0 Å². The Morgan fingerprint density at radius 3 is 2.87 bits per heavy atom. The summed E-state index contributed by atoms with van der Waals surface area (Å²) in [5.41, 5.74) is 5.96. The molecule has 0 spiro atoms. The van der Waals surface area contributed by atoms with Gasteiger partial charge in [0, 0.05) is 19.3 Å². The summed E-state index contributed by atoms with van der Waals surface area (Å²) in [5.74, 6) is -1.43. The zero-order valence-electron chi connectivity index (χ0n) is 8.35. The molecule has 1 aromatic carbocycles. The molecule has 0 aromatic heterocycles. The highest BCUT2D eigenvalue weighted by molar-refractivity contribution is 5.74. The van der Waals surface area contributed by atoms with E-state index in [-0.39, 0.29) is 12.4 Å². The van der Waals surface area contributed by atoms with Crippen LogP contribution in [0.1, 0.15) is 0 Å². The molecule has 5 heteroatoms. The molecular formula is C10H13FN2O2. The second-order valence-electron chi connectivity index (χ2n) is 3.31. The number of rotatable bonds is 4. The van der Waals surface area contributed by atoms with E-state index in [0.29, 0.717) is 5.69 Å². The van der Waals surface area contributed by atoms with E-state index in [9.17, 15) is 9.18 Å². The standard InChI is InChI=1S/C10H13FN2O2/c1-13(6-9(12)10(14)15)8-4-2-3-7(11)5-8/h2-5,9H,6,12H2,1H3,(H,14,15). The van der Waals surface area contributed by atoms with E-state index in [1.54, 1.807) is 24.1 Å². The lowest BCUT2D eigenvalue weighted by atomic mass is 10.2. The molecule has 1 atom stereocenters. The molecule has 1 rings (SSSR count). The molecule has 15 heavy (non-hydrogen) atoms. The highest BCUT2D eigenvalue weighted by Gasteiger charge is 2.14. The van der Waals surface area contributed by atoms with Gasteiger partial charge in [0.25, 0.3) is 0 Å². The van der Waals surface area contributed by atoms with Crippen LogP contribution >= 0.6 is 0 Å². The Hall–Kier alpha value is -1.62. The van der Waals surface area contributed by atoms with Gasteiger partial charge in [0.15, 0.2) is 0 Å². The van der Waals surface area contributed by atoms with Gasteiger partial charge in [-0.3, -0.25) is 4.79 Å². The van der Waals surface area contributed by atoms with Gasteiger partial charge in [0.2, 0.25) is 0 Å². The third-order valence-corrected chi connectivity index (χ3v) is 2.04. The van der Waals surface area contributed by atoms with Crippen LogP contribution in [0.15, 0.2) is 24.3 Å². The monoisotopic (exact) mass is 212 g/mol. The molecule has 0 saturated carbocycles. The van der Waals surface area contributed by atoms with Crippen LogP contribution in [-0.2, 0) is 4.79 Å². The molecule has 0 amide bonds. The van der Waals surface area contributed by atoms with Crippen molar-refractivity contribution in [1.82, 2.24) is 0 Å². The van der Waals surface area contributed by atoms with Crippen molar-refractivity contribution < 1.29 is 14.3 Å². The van der Waals surface area contributed by atoms with Crippen molar-refractivity contribution in [1.29, 1.82) is 0 Å². The van der Waals surface area contributed by atoms with Crippen molar-refractivity contribution in [2.75, 3.05) is 18.5 Å². The molecular weight excluding hydrogens is 199 g/mol. The first-order valence-electron chi connectivity index (χ1n) is 4.46. The first kappa shape index (κ1) is 11.5. The maximum absolute atomic E-state index is 12.8. The smallest absolute Gasteiger partial charge is 0.322 e. The quantitative estimate of drug-likeness (QED) is 0.770. The third-order valence-electron chi connectivity index (χ3n) is 2.04. The van der Waals surface area contributed by atoms with Crippen LogP contribution in [0, 0.1) is 5.82 Å². The average molecular weight is 212 g/mol. The van der Waals surface area contributed by atoms with Gasteiger partial charge in [0.05, 0.1) is 0 Å². The Labute approximate surface area is 87.1 Å². The first-order valence-corrected chi connectivity index (χ1v) is 4.46. The molecule has 1 unspecified atom stereocenters. The van der Waals surface area contributed by atoms with Crippen molar-refractivity contribution in [3.05, 3.63) is 30.1 Å². The molecule has 0 aliphatic carbocycles. The lowest BCUT2D eigenvalue weighted by molar-refractivity contribution is -0.138. The maximum Gasteiger partial charge on any atom is 0.322 e. The number of hydrogen-bond donors (Lipinski definition) is 2. The minimum Gasteiger partial charge on any atom is -0.480 e. The molecule has 0 heterocycles. The summed E-state index contributed by atoms with van der Waals surface area (Å²) in [7, 11) is 1.66. The van der Waals surface area contributed by atoms with E-state index >= 15 is 0 Å². The lowest BCUT2D eigenvalue weighted by Gasteiger charge is -2.21. The van der Waals surface area contributed by atoms with E-state index in [2.05, 4.69) is 0 Å². The third kappa shape index (κ3) is 3.21. The first-order chi connectivity index (χ1) is 7.00. The largest absolute Gasteiger partial charge is 0.480 e. The molecule has 0 radical (unpaired) electrons. The fourth-order valence-electron chi connectivity index (χ4n) is 1.19. The second-order valence-corrected chi connectivity index (χ2v) is 3.31. The van der Waals surface area contributed by atoms with Crippen LogP contribution < -0.4 is 10.6 Å². The summed E-state index contributed by atoms with van der Waals surface area (Å²) in [6.45, 7) is 0.138. The van der Waals surface area contributed by atoms with Crippen LogP contribution in [0.25, 0.3) is 0 Å². The molecule has 0 aliphatic heterocycles. The van der Waals surface area contributed by atoms with Gasteiger partial charge in [-0.1, -0.05) is 6.07 Å². The zero-order valence-corrected chi connectivity index (χ0v) is 8.35. The molecule has 0 saturated heterocycles. The molecule has 0 fully saturated rings. The summed E-state index contributed by atoms with van der Waals surface area (Å²) < 4.78 is 12.8. The van der Waals surface area contributed by atoms with E-state index < -0.39 is 12.0 Å². The average Bonchev–Trinajstić information content (AvgIpc) is 2.17. The molecule has 4 nitrogen and oxygen atoms in total. The van der Waals surface area contributed by atoms with Crippen molar-refractivity contribution >= 4 is 11.7 Å². The fourth-order valence-corrected chi connectivity index (χ4v) is 1.19. The number of nitrogens with zero attached hydrogens (tertiary/aromatic N) is 1. The summed E-state index contributed by atoms with van der Waals surface area (Å²) in [6, 6.07) is 4.94. The van der Waals surface area contributed by atoms with Crippen LogP contribution in [-0.4, -0.2) is 30.7 Å². The predicted octanol–water partition coefficient (Wildman–Crippen LogP) is 0.674. The number of aliphatic carboxylic acids is 1. The number of anilines is 1. The van der Waals surface area contributed by atoms with Crippen molar-refractivity contribution in [2.24, 2.45) is 5.73 Å². The van der Waals surface area contributed by atoms with Gasteiger partial charge >= 0.3 is 5.97 Å². The van der Waals surface area contributed by atoms with Gasteiger partial charge in [-0.15, -0.1) is 0 Å². The van der Waals surface area contributed by atoms with E-state index in [4.69, 9.17) is 10.8 Å². The van der Waals surface area contributed by atoms with Crippen molar-refractivity contribution in [3.8, 4) is 0 Å². The van der Waals surface area contributed by atoms with Crippen molar-refractivity contribution in [3.63, 3.8) is 0 Å². The van der Waals surface area contributed by atoms with E-state index in [0.717, 1.165) is 0 Å². The number of halogens is 1. The number of carbonyl (C=O) groups is 1. The number of hydrogen-bond acceptors (Lipinski definition) is 3. The second kappa shape index (κ2) is 4.75. The summed E-state index contributed by atoms with van der Waals surface area (Å²) >= 11 is 0. The summed E-state index contributed by atoms with van der Waals surface area (Å²) in [6.07, 6.45) is 0. The Kier molecular flexibility index (Phi) is 3.62. The highest BCUT2D eigenvalue weighted by atomic mass is 19.1. The highest BCUT2D eigenvalue weighted by Crippen LogP contribution is 2.13. The Bertz CT molecular complexity index is 357. The molecule has 0 bridgehead atoms. The molecule has 1 aromatic rings. The predicted molar refractivity (Wildman–Crippen MR) is 55.3 cm³/mol. The number of carboxylic acids is 1. The topological polar surface area (TPSA) is 66.6 Å². The van der Waals surface area contributed by atoms with Gasteiger partial charge < -0.3 is 15.7 Å². The van der Waals surface area contributed by atoms with E-state index in [1.807, 2.05) is 0 Å². The van der Waals surface area contributed by atoms with Gasteiger partial charge in [-0.25, -0.2) is 4.39 Å². The Balaban J connectivity index is 2.68. The fraction of sp³-hybridized carbons (Fsp3) is 0.300. The van der Waals surface area contributed by atoms with Crippen LogP contribution in [0.4, 0.5) is 10.1 Å². The maximum atomic E-state index is 12.8.